The van der Waals surface area contributed by atoms with E-state index in [0.29, 0.717) is 5.52 Å². The Bertz CT molecular complexity index is 943. The highest BCUT2D eigenvalue weighted by atomic mass is 32.1. The molecule has 0 bridgehead atoms. The van der Waals surface area contributed by atoms with Crippen molar-refractivity contribution in [1.29, 1.82) is 0 Å². The fourth-order valence-corrected chi connectivity index (χ4v) is 3.55. The predicted octanol–water partition coefficient (Wildman–Crippen LogP) is 4.88. The van der Waals surface area contributed by atoms with Crippen LogP contribution in [0.5, 0.6) is 0 Å². The van der Waals surface area contributed by atoms with Gasteiger partial charge < -0.3 is 0 Å². The Balaban J connectivity index is 2.32. The van der Waals surface area contributed by atoms with Crippen molar-refractivity contribution in [2.24, 2.45) is 0 Å². The standard InChI is InChI=1S/C15H7F2NS/c16-8-4-5-9-12(6-8)19-13-7-18-15-10(14(9)13)2-1-3-11(15)17/h1-7H. The topological polar surface area (TPSA) is 12.9 Å². The average Bonchev–Trinajstić information content (AvgIpc) is 2.76. The van der Waals surface area contributed by atoms with Gasteiger partial charge in [-0.2, -0.15) is 0 Å². The third-order valence-electron chi connectivity index (χ3n) is 3.25. The molecule has 0 saturated carbocycles. The zero-order valence-corrected chi connectivity index (χ0v) is 10.5. The second-order valence-electron chi connectivity index (χ2n) is 4.38. The van der Waals surface area contributed by atoms with Crippen molar-refractivity contribution in [3.8, 4) is 0 Å². The van der Waals surface area contributed by atoms with Crippen LogP contribution in [0.1, 0.15) is 0 Å². The van der Waals surface area contributed by atoms with Gasteiger partial charge in [0.2, 0.25) is 0 Å². The van der Waals surface area contributed by atoms with Crippen LogP contribution in [0.4, 0.5) is 8.78 Å². The van der Waals surface area contributed by atoms with Crippen LogP contribution in [0.15, 0.2) is 42.6 Å². The number of rotatable bonds is 0. The largest absolute Gasteiger partial charge is 0.252 e. The van der Waals surface area contributed by atoms with Gasteiger partial charge in [0.15, 0.2) is 0 Å². The Labute approximate surface area is 111 Å². The first-order chi connectivity index (χ1) is 9.24. The Kier molecular flexibility index (Phi) is 2.11. The van der Waals surface area contributed by atoms with Crippen LogP contribution in [0.3, 0.4) is 0 Å². The van der Waals surface area contributed by atoms with Crippen molar-refractivity contribution >= 4 is 42.4 Å². The lowest BCUT2D eigenvalue weighted by molar-refractivity contribution is 0.630. The molecular weight excluding hydrogens is 264 g/mol. The van der Waals surface area contributed by atoms with Gasteiger partial charge in [-0.3, -0.25) is 4.98 Å². The van der Waals surface area contributed by atoms with Crippen LogP contribution in [0.2, 0.25) is 0 Å². The van der Waals surface area contributed by atoms with Crippen LogP contribution >= 0.6 is 11.3 Å². The Hall–Kier alpha value is -2.07. The number of pyridine rings is 1. The molecule has 0 spiro atoms. The monoisotopic (exact) mass is 271 g/mol. The van der Waals surface area contributed by atoms with Gasteiger partial charge in [-0.25, -0.2) is 8.78 Å². The molecule has 0 radical (unpaired) electrons. The lowest BCUT2D eigenvalue weighted by Gasteiger charge is -2.00. The maximum absolute atomic E-state index is 13.8. The molecule has 92 valence electrons. The Morgan fingerprint density at radius 1 is 0.947 bits per heavy atom. The average molecular weight is 271 g/mol. The van der Waals surface area contributed by atoms with Crippen molar-refractivity contribution in [1.82, 2.24) is 4.98 Å². The summed E-state index contributed by atoms with van der Waals surface area (Å²) in [4.78, 5) is 4.17. The summed E-state index contributed by atoms with van der Waals surface area (Å²) in [6.07, 6.45) is 1.66. The number of nitrogens with zero attached hydrogens (tertiary/aromatic N) is 1. The first-order valence-electron chi connectivity index (χ1n) is 5.79. The molecule has 1 nitrogen and oxygen atoms in total. The summed E-state index contributed by atoms with van der Waals surface area (Å²) >= 11 is 1.47. The van der Waals surface area contributed by atoms with E-state index in [1.54, 1.807) is 18.3 Å². The number of benzene rings is 2. The highest BCUT2D eigenvalue weighted by molar-refractivity contribution is 7.26. The minimum Gasteiger partial charge on any atom is -0.252 e. The molecule has 0 saturated heterocycles. The van der Waals surface area contributed by atoms with Crippen molar-refractivity contribution < 1.29 is 8.78 Å². The molecule has 19 heavy (non-hydrogen) atoms. The molecule has 2 heterocycles. The molecule has 2 aromatic carbocycles. The van der Waals surface area contributed by atoms with Gasteiger partial charge in [-0.1, -0.05) is 12.1 Å². The molecule has 4 rings (SSSR count). The van der Waals surface area contributed by atoms with Crippen molar-refractivity contribution in [3.63, 3.8) is 0 Å². The molecule has 2 aromatic heterocycles. The Morgan fingerprint density at radius 3 is 2.74 bits per heavy atom. The summed E-state index contributed by atoms with van der Waals surface area (Å²) in [5.41, 5.74) is 0.360. The van der Waals surface area contributed by atoms with Crippen molar-refractivity contribution in [3.05, 3.63) is 54.2 Å². The van der Waals surface area contributed by atoms with Gasteiger partial charge in [0, 0.05) is 27.1 Å². The molecule has 0 fully saturated rings. The number of aromatic nitrogens is 1. The second kappa shape index (κ2) is 3.71. The van der Waals surface area contributed by atoms with E-state index >= 15 is 0 Å². The van der Waals surface area contributed by atoms with E-state index in [1.165, 1.54) is 29.5 Å². The summed E-state index contributed by atoms with van der Waals surface area (Å²) in [7, 11) is 0. The molecule has 0 aliphatic rings. The van der Waals surface area contributed by atoms with E-state index in [-0.39, 0.29) is 11.6 Å². The van der Waals surface area contributed by atoms with E-state index in [0.717, 1.165) is 25.6 Å². The fraction of sp³-hybridized carbons (Fsp3) is 0. The highest BCUT2D eigenvalue weighted by Crippen LogP contribution is 2.38. The number of fused-ring (bicyclic) bond motifs is 5. The van der Waals surface area contributed by atoms with Crippen LogP contribution in [0, 0.1) is 11.6 Å². The van der Waals surface area contributed by atoms with Gasteiger partial charge >= 0.3 is 0 Å². The SMILES string of the molecule is Fc1ccc2c(c1)sc1cnc3c(F)cccc3c12. The zero-order chi connectivity index (χ0) is 13.0. The minimum atomic E-state index is -0.333. The predicted molar refractivity (Wildman–Crippen MR) is 74.5 cm³/mol. The Morgan fingerprint density at radius 2 is 1.84 bits per heavy atom. The van der Waals surface area contributed by atoms with E-state index in [2.05, 4.69) is 4.98 Å². The summed E-state index contributed by atoms with van der Waals surface area (Å²) in [6.45, 7) is 0. The van der Waals surface area contributed by atoms with Gasteiger partial charge in [-0.05, 0) is 24.3 Å². The quantitative estimate of drug-likeness (QED) is 0.444. The summed E-state index contributed by atoms with van der Waals surface area (Å²) in [6, 6.07) is 9.60. The van der Waals surface area contributed by atoms with Gasteiger partial charge in [0.05, 0.1) is 4.70 Å². The number of halogens is 2. The van der Waals surface area contributed by atoms with Crippen molar-refractivity contribution in [2.45, 2.75) is 0 Å². The van der Waals surface area contributed by atoms with Gasteiger partial charge in [0.1, 0.15) is 17.2 Å². The molecule has 4 aromatic rings. The van der Waals surface area contributed by atoms with E-state index < -0.39 is 0 Å². The third kappa shape index (κ3) is 1.47. The molecular formula is C15H7F2NS. The van der Waals surface area contributed by atoms with Gasteiger partial charge in [0.25, 0.3) is 0 Å². The fourth-order valence-electron chi connectivity index (χ4n) is 2.43. The summed E-state index contributed by atoms with van der Waals surface area (Å²) in [5.74, 6) is -0.594. The lowest BCUT2D eigenvalue weighted by atomic mass is 10.1. The second-order valence-corrected chi connectivity index (χ2v) is 5.46. The zero-order valence-electron chi connectivity index (χ0n) is 9.65. The number of thiophene rings is 1. The normalized spacial score (nSPS) is 11.7. The lowest BCUT2D eigenvalue weighted by Crippen LogP contribution is -1.83. The maximum Gasteiger partial charge on any atom is 0.149 e. The highest BCUT2D eigenvalue weighted by Gasteiger charge is 2.11. The molecule has 0 N–H and O–H groups in total. The number of hydrogen-bond acceptors (Lipinski definition) is 2. The molecule has 4 heteroatoms. The van der Waals surface area contributed by atoms with Crippen LogP contribution in [-0.4, -0.2) is 4.98 Å². The van der Waals surface area contributed by atoms with E-state index in [9.17, 15) is 8.78 Å². The molecule has 0 aliphatic carbocycles. The minimum absolute atomic E-state index is 0.262. The smallest absolute Gasteiger partial charge is 0.149 e. The van der Waals surface area contributed by atoms with Gasteiger partial charge in [-0.15, -0.1) is 11.3 Å². The summed E-state index contributed by atoms with van der Waals surface area (Å²) in [5, 5.41) is 2.67. The maximum atomic E-state index is 13.8. The molecule has 0 atom stereocenters. The molecule has 0 aliphatic heterocycles. The number of para-hydroxylation sites is 1. The van der Waals surface area contributed by atoms with Crippen LogP contribution in [-0.2, 0) is 0 Å². The van der Waals surface area contributed by atoms with E-state index in [4.69, 9.17) is 0 Å². The van der Waals surface area contributed by atoms with Crippen molar-refractivity contribution in [2.75, 3.05) is 0 Å². The third-order valence-corrected chi connectivity index (χ3v) is 4.33. The van der Waals surface area contributed by atoms with Crippen LogP contribution < -0.4 is 0 Å². The summed E-state index contributed by atoms with van der Waals surface area (Å²) < 4.78 is 28.8. The first kappa shape index (κ1) is 10.8. The molecule has 0 amide bonds. The number of hydrogen-bond donors (Lipinski definition) is 0. The van der Waals surface area contributed by atoms with E-state index in [1.807, 2.05) is 6.07 Å². The molecule has 0 unspecified atom stereocenters. The first-order valence-corrected chi connectivity index (χ1v) is 6.61. The van der Waals surface area contributed by atoms with Crippen LogP contribution in [0.25, 0.3) is 31.1 Å².